The molecule has 0 spiro atoms. The van der Waals surface area contributed by atoms with E-state index in [4.69, 9.17) is 0 Å². The summed E-state index contributed by atoms with van der Waals surface area (Å²) in [6.07, 6.45) is 0. The third-order valence-electron chi connectivity index (χ3n) is 12.1. The van der Waals surface area contributed by atoms with Crippen LogP contribution in [0.15, 0.2) is 194 Å². The van der Waals surface area contributed by atoms with Crippen LogP contribution in [0.4, 0.5) is 0 Å². The minimum atomic E-state index is 1.18. The average Bonchev–Trinajstić information content (AvgIpc) is 4.03. The zero-order chi connectivity index (χ0) is 37.9. The van der Waals surface area contributed by atoms with Gasteiger partial charge in [-0.3, -0.25) is 0 Å². The third-order valence-corrected chi connectivity index (χ3v) is 14.4. The van der Waals surface area contributed by atoms with Crippen LogP contribution in [0.3, 0.4) is 0 Å². The molecule has 0 amide bonds. The van der Waals surface area contributed by atoms with Crippen molar-refractivity contribution >= 4 is 107 Å². The molecule has 0 saturated heterocycles. The second-order valence-electron chi connectivity index (χ2n) is 15.3. The molecule has 9 aromatic carbocycles. The Kier molecular flexibility index (Phi) is 6.79. The van der Waals surface area contributed by atoms with Gasteiger partial charge in [0.2, 0.25) is 0 Å². The van der Waals surface area contributed by atoms with Crippen molar-refractivity contribution in [1.82, 2.24) is 9.13 Å². The zero-order valence-electron chi connectivity index (χ0n) is 31.2. The lowest BCUT2D eigenvalue weighted by Gasteiger charge is -2.11. The Bertz CT molecular complexity index is 3690. The van der Waals surface area contributed by atoms with Crippen LogP contribution in [0.25, 0.3) is 118 Å². The number of rotatable bonds is 4. The first-order valence-electron chi connectivity index (χ1n) is 19.8. The van der Waals surface area contributed by atoms with E-state index in [0.29, 0.717) is 0 Å². The summed E-state index contributed by atoms with van der Waals surface area (Å²) in [6, 6.07) is 71.8. The maximum Gasteiger partial charge on any atom is 0.0541 e. The normalized spacial score (nSPS) is 12.1. The van der Waals surface area contributed by atoms with Crippen molar-refractivity contribution in [2.24, 2.45) is 0 Å². The van der Waals surface area contributed by atoms with E-state index < -0.39 is 0 Å². The van der Waals surface area contributed by atoms with E-state index in [1.165, 1.54) is 118 Å². The molecule has 0 bridgehead atoms. The highest BCUT2D eigenvalue weighted by Crippen LogP contribution is 2.50. The predicted octanol–water partition coefficient (Wildman–Crippen LogP) is 16.0. The van der Waals surface area contributed by atoms with Gasteiger partial charge < -0.3 is 9.13 Å². The van der Waals surface area contributed by atoms with E-state index in [0.717, 1.165) is 0 Å². The number of hydrogen-bond donors (Lipinski definition) is 0. The number of aromatic nitrogens is 2. The van der Waals surface area contributed by atoms with Gasteiger partial charge in [0.05, 0.1) is 22.1 Å². The summed E-state index contributed by atoms with van der Waals surface area (Å²) < 4.78 is 10.1. The topological polar surface area (TPSA) is 9.86 Å². The summed E-state index contributed by atoms with van der Waals surface area (Å²) in [5.74, 6) is 0. The summed E-state index contributed by atoms with van der Waals surface area (Å²) in [7, 11) is 0. The lowest BCUT2D eigenvalue weighted by atomic mass is 9.94. The smallest absolute Gasteiger partial charge is 0.0541 e. The molecule has 0 aliphatic heterocycles. The monoisotopic (exact) mass is 772 g/mol. The van der Waals surface area contributed by atoms with Gasteiger partial charge in [0.25, 0.3) is 0 Å². The van der Waals surface area contributed by atoms with Crippen LogP contribution in [-0.4, -0.2) is 9.13 Å². The number of para-hydroxylation sites is 4. The van der Waals surface area contributed by atoms with Crippen molar-refractivity contribution in [3.63, 3.8) is 0 Å². The Balaban J connectivity index is 1.11. The minimum Gasteiger partial charge on any atom is -0.309 e. The van der Waals surface area contributed by atoms with Crippen LogP contribution in [0, 0.1) is 0 Å². The van der Waals surface area contributed by atoms with Gasteiger partial charge in [-0.15, -0.1) is 22.7 Å². The molecule has 58 heavy (non-hydrogen) atoms. The Labute approximate surface area is 341 Å². The van der Waals surface area contributed by atoms with Crippen molar-refractivity contribution in [3.8, 4) is 33.6 Å². The van der Waals surface area contributed by atoms with Crippen molar-refractivity contribution in [2.45, 2.75) is 0 Å². The van der Waals surface area contributed by atoms with E-state index in [9.17, 15) is 0 Å². The van der Waals surface area contributed by atoms with E-state index >= 15 is 0 Å². The quantitative estimate of drug-likeness (QED) is 0.169. The Morgan fingerprint density at radius 3 is 1.36 bits per heavy atom. The minimum absolute atomic E-state index is 1.18. The van der Waals surface area contributed by atoms with Gasteiger partial charge in [-0.2, -0.15) is 0 Å². The number of benzene rings is 9. The van der Waals surface area contributed by atoms with E-state index in [1.54, 1.807) is 0 Å². The Morgan fingerprint density at radius 2 is 0.776 bits per heavy atom. The second kappa shape index (κ2) is 12.3. The molecular weight excluding hydrogens is 741 g/mol. The highest BCUT2D eigenvalue weighted by atomic mass is 32.1. The number of thiophene rings is 2. The summed E-state index contributed by atoms with van der Waals surface area (Å²) >= 11 is 3.83. The molecule has 0 N–H and O–H groups in total. The van der Waals surface area contributed by atoms with Gasteiger partial charge >= 0.3 is 0 Å². The predicted molar refractivity (Wildman–Crippen MR) is 252 cm³/mol. The molecule has 0 atom stereocenters. The molecule has 270 valence electrons. The molecule has 4 aromatic heterocycles. The fraction of sp³-hybridized carbons (Fsp3) is 0. The maximum atomic E-state index is 2.48. The maximum absolute atomic E-state index is 2.48. The van der Waals surface area contributed by atoms with E-state index in [-0.39, 0.29) is 0 Å². The molecular formula is C54H32N2S2. The molecule has 4 heteroatoms. The summed E-state index contributed by atoms with van der Waals surface area (Å²) in [5, 5.41) is 10.3. The van der Waals surface area contributed by atoms with E-state index in [1.807, 2.05) is 22.7 Å². The molecule has 0 saturated carbocycles. The highest BCUT2D eigenvalue weighted by molar-refractivity contribution is 7.28. The molecule has 13 aromatic rings. The van der Waals surface area contributed by atoms with Gasteiger partial charge in [0, 0.05) is 78.8 Å². The van der Waals surface area contributed by atoms with Crippen molar-refractivity contribution in [2.75, 3.05) is 0 Å². The Morgan fingerprint density at radius 1 is 0.293 bits per heavy atom. The zero-order valence-corrected chi connectivity index (χ0v) is 32.8. The van der Waals surface area contributed by atoms with Crippen LogP contribution < -0.4 is 0 Å². The van der Waals surface area contributed by atoms with Gasteiger partial charge in [-0.05, 0) is 89.5 Å². The number of nitrogens with zero attached hydrogens (tertiary/aromatic N) is 2. The van der Waals surface area contributed by atoms with E-state index in [2.05, 4.69) is 203 Å². The highest BCUT2D eigenvalue weighted by Gasteiger charge is 2.22. The van der Waals surface area contributed by atoms with Gasteiger partial charge in [-0.25, -0.2) is 0 Å². The molecule has 0 unspecified atom stereocenters. The van der Waals surface area contributed by atoms with Crippen molar-refractivity contribution in [1.29, 1.82) is 0 Å². The first-order valence-corrected chi connectivity index (χ1v) is 21.4. The number of fused-ring (bicyclic) bond motifs is 12. The van der Waals surface area contributed by atoms with Crippen molar-refractivity contribution < 1.29 is 0 Å². The van der Waals surface area contributed by atoms with Crippen LogP contribution in [0.1, 0.15) is 0 Å². The largest absolute Gasteiger partial charge is 0.309 e. The number of hydrogen-bond acceptors (Lipinski definition) is 2. The molecule has 0 radical (unpaired) electrons. The van der Waals surface area contributed by atoms with Gasteiger partial charge in [0.15, 0.2) is 0 Å². The molecule has 0 aliphatic carbocycles. The standard InChI is InChI=1S/C54H32N2S2/c1-2-13-33(14-3-1)34-15-12-16-35(29-34)52-53-44-31-37(56-47-23-10-6-19-40(47)41-20-7-11-24-48(41)56)26-28-50(44)57-51(53)32-43-42-30-36(25-27-49(42)58-54(43)52)55-45-21-8-4-17-38(45)39-18-5-9-22-46(39)55/h1-32H. The molecule has 2 nitrogen and oxygen atoms in total. The first-order chi connectivity index (χ1) is 28.8. The fourth-order valence-corrected chi connectivity index (χ4v) is 12.0. The van der Waals surface area contributed by atoms with Crippen LogP contribution in [-0.2, 0) is 0 Å². The second-order valence-corrected chi connectivity index (χ2v) is 17.4. The summed E-state index contributed by atoms with van der Waals surface area (Å²) in [4.78, 5) is 0. The molecule has 0 aliphatic rings. The lowest BCUT2D eigenvalue weighted by Crippen LogP contribution is -1.93. The van der Waals surface area contributed by atoms with Crippen LogP contribution in [0.5, 0.6) is 0 Å². The van der Waals surface area contributed by atoms with Crippen LogP contribution >= 0.6 is 22.7 Å². The fourth-order valence-electron chi connectivity index (χ4n) is 9.58. The van der Waals surface area contributed by atoms with Gasteiger partial charge in [-0.1, -0.05) is 121 Å². The molecule has 4 heterocycles. The average molecular weight is 773 g/mol. The third kappa shape index (κ3) is 4.58. The Hall–Kier alpha value is -6.98. The SMILES string of the molecule is c1ccc(-c2cccc(-c3c4sc5ccc(-n6c7ccccc7c7ccccc76)cc5c4cc4sc5ccc(-n6c7ccccc7c7ccccc76)cc5c34)c2)cc1. The summed E-state index contributed by atoms with van der Waals surface area (Å²) in [6.45, 7) is 0. The van der Waals surface area contributed by atoms with Crippen molar-refractivity contribution in [3.05, 3.63) is 194 Å². The van der Waals surface area contributed by atoms with Gasteiger partial charge in [0.1, 0.15) is 0 Å². The summed E-state index contributed by atoms with van der Waals surface area (Å²) in [5.41, 5.74) is 12.3. The lowest BCUT2D eigenvalue weighted by molar-refractivity contribution is 1.19. The van der Waals surface area contributed by atoms with Crippen LogP contribution in [0.2, 0.25) is 0 Å². The first kappa shape index (κ1) is 32.1. The molecule has 0 fully saturated rings. The molecule has 13 rings (SSSR count).